The van der Waals surface area contributed by atoms with E-state index in [9.17, 15) is 4.79 Å². The predicted octanol–water partition coefficient (Wildman–Crippen LogP) is 4.57. The van der Waals surface area contributed by atoms with Gasteiger partial charge in [-0.05, 0) is 42.7 Å². The third-order valence-electron chi connectivity index (χ3n) is 4.21. The zero-order chi connectivity index (χ0) is 17.6. The molecule has 0 fully saturated rings. The Labute approximate surface area is 156 Å². The second-order valence-corrected chi connectivity index (χ2v) is 6.65. The van der Waals surface area contributed by atoms with Crippen molar-refractivity contribution in [3.05, 3.63) is 59.7 Å². The summed E-state index contributed by atoms with van der Waals surface area (Å²) in [6, 6.07) is 14.9. The molecule has 0 aliphatic carbocycles. The number of carbonyl (C=O) groups is 1. The molecule has 2 atom stereocenters. The molecule has 132 valence electrons. The van der Waals surface area contributed by atoms with E-state index in [1.54, 1.807) is 13.2 Å². The SMILES string of the molecule is COc1ccc(C2Oc3ccccc3C(=O)C2OCCCCBr)cc1. The van der Waals surface area contributed by atoms with E-state index in [-0.39, 0.29) is 5.78 Å². The average Bonchev–Trinajstić information content (AvgIpc) is 2.66. The number of hydrogen-bond donors (Lipinski definition) is 0. The molecule has 0 aromatic heterocycles. The second kappa shape index (κ2) is 8.50. The smallest absolute Gasteiger partial charge is 0.199 e. The van der Waals surface area contributed by atoms with E-state index in [1.807, 2.05) is 42.5 Å². The summed E-state index contributed by atoms with van der Waals surface area (Å²) in [6.07, 6.45) is 0.799. The van der Waals surface area contributed by atoms with Crippen LogP contribution in [-0.4, -0.2) is 30.9 Å². The maximum atomic E-state index is 12.9. The van der Waals surface area contributed by atoms with Crippen molar-refractivity contribution < 1.29 is 19.0 Å². The van der Waals surface area contributed by atoms with Crippen LogP contribution in [0.4, 0.5) is 0 Å². The number of ether oxygens (including phenoxy) is 3. The van der Waals surface area contributed by atoms with E-state index in [1.165, 1.54) is 0 Å². The molecule has 2 aromatic carbocycles. The third kappa shape index (κ3) is 4.05. The molecule has 1 aliphatic heterocycles. The van der Waals surface area contributed by atoms with Crippen molar-refractivity contribution in [1.82, 2.24) is 0 Å². The summed E-state index contributed by atoms with van der Waals surface area (Å²) in [5.41, 5.74) is 1.48. The second-order valence-electron chi connectivity index (χ2n) is 5.86. The van der Waals surface area contributed by atoms with Crippen LogP contribution in [-0.2, 0) is 4.74 Å². The highest BCUT2D eigenvalue weighted by Gasteiger charge is 2.38. The zero-order valence-corrected chi connectivity index (χ0v) is 15.7. The van der Waals surface area contributed by atoms with Gasteiger partial charge in [0.1, 0.15) is 11.5 Å². The van der Waals surface area contributed by atoms with E-state index < -0.39 is 12.2 Å². The molecular formula is C20H21BrO4. The molecule has 25 heavy (non-hydrogen) atoms. The van der Waals surface area contributed by atoms with Crippen molar-refractivity contribution in [3.8, 4) is 11.5 Å². The molecule has 0 radical (unpaired) electrons. The summed E-state index contributed by atoms with van der Waals surface area (Å²) in [6.45, 7) is 0.528. The van der Waals surface area contributed by atoms with Crippen molar-refractivity contribution in [1.29, 1.82) is 0 Å². The van der Waals surface area contributed by atoms with E-state index in [0.29, 0.717) is 17.9 Å². The van der Waals surface area contributed by atoms with Gasteiger partial charge in [-0.2, -0.15) is 0 Å². The number of unbranched alkanes of at least 4 members (excludes halogenated alkanes) is 1. The Morgan fingerprint density at radius 3 is 2.56 bits per heavy atom. The molecule has 0 bridgehead atoms. The quantitative estimate of drug-likeness (QED) is 0.500. The number of fused-ring (bicyclic) bond motifs is 1. The summed E-state index contributed by atoms with van der Waals surface area (Å²) < 4.78 is 17.3. The van der Waals surface area contributed by atoms with E-state index in [4.69, 9.17) is 14.2 Å². The lowest BCUT2D eigenvalue weighted by atomic mass is 9.93. The largest absolute Gasteiger partial charge is 0.497 e. The van der Waals surface area contributed by atoms with Crippen molar-refractivity contribution in [2.75, 3.05) is 19.0 Å². The highest BCUT2D eigenvalue weighted by Crippen LogP contribution is 2.37. The Kier molecular flexibility index (Phi) is 6.10. The summed E-state index contributed by atoms with van der Waals surface area (Å²) >= 11 is 3.41. The first-order valence-electron chi connectivity index (χ1n) is 8.36. The van der Waals surface area contributed by atoms with Gasteiger partial charge < -0.3 is 14.2 Å². The first-order valence-corrected chi connectivity index (χ1v) is 9.48. The van der Waals surface area contributed by atoms with Crippen LogP contribution in [0, 0.1) is 0 Å². The molecular weight excluding hydrogens is 384 g/mol. The van der Waals surface area contributed by atoms with Crippen LogP contribution in [0.3, 0.4) is 0 Å². The molecule has 2 aromatic rings. The topological polar surface area (TPSA) is 44.8 Å². The number of rotatable bonds is 7. The Balaban J connectivity index is 1.87. The van der Waals surface area contributed by atoms with Gasteiger partial charge in [0, 0.05) is 11.9 Å². The fraction of sp³-hybridized carbons (Fsp3) is 0.350. The number of Topliss-reactive ketones (excluding diaryl/α,β-unsaturated/α-hetero) is 1. The molecule has 0 amide bonds. The molecule has 0 saturated carbocycles. The molecule has 4 nitrogen and oxygen atoms in total. The van der Waals surface area contributed by atoms with Gasteiger partial charge in [0.15, 0.2) is 18.0 Å². The van der Waals surface area contributed by atoms with Crippen LogP contribution >= 0.6 is 15.9 Å². The van der Waals surface area contributed by atoms with Crippen molar-refractivity contribution in [2.24, 2.45) is 0 Å². The monoisotopic (exact) mass is 404 g/mol. The molecule has 0 N–H and O–H groups in total. The fourth-order valence-electron chi connectivity index (χ4n) is 2.87. The molecule has 3 rings (SSSR count). The van der Waals surface area contributed by atoms with Gasteiger partial charge in [-0.1, -0.05) is 40.2 Å². The molecule has 5 heteroatoms. The van der Waals surface area contributed by atoms with Crippen LogP contribution < -0.4 is 9.47 Å². The lowest BCUT2D eigenvalue weighted by molar-refractivity contribution is -0.0224. The molecule has 1 aliphatic rings. The summed E-state index contributed by atoms with van der Waals surface area (Å²) in [5.74, 6) is 1.34. The van der Waals surface area contributed by atoms with E-state index in [2.05, 4.69) is 15.9 Å². The molecule has 1 heterocycles. The Morgan fingerprint density at radius 1 is 1.08 bits per heavy atom. The maximum absolute atomic E-state index is 12.9. The third-order valence-corrected chi connectivity index (χ3v) is 4.77. The fourth-order valence-corrected chi connectivity index (χ4v) is 3.27. The van der Waals surface area contributed by atoms with Gasteiger partial charge in [0.05, 0.1) is 12.7 Å². The molecule has 0 spiro atoms. The Morgan fingerprint density at radius 2 is 1.84 bits per heavy atom. The number of carbonyl (C=O) groups excluding carboxylic acids is 1. The van der Waals surface area contributed by atoms with Gasteiger partial charge in [0.25, 0.3) is 0 Å². The zero-order valence-electron chi connectivity index (χ0n) is 14.1. The normalized spacial score (nSPS) is 19.2. The van der Waals surface area contributed by atoms with Crippen LogP contribution in [0.2, 0.25) is 0 Å². The highest BCUT2D eigenvalue weighted by atomic mass is 79.9. The number of halogens is 1. The van der Waals surface area contributed by atoms with Crippen LogP contribution in [0.15, 0.2) is 48.5 Å². The van der Waals surface area contributed by atoms with Gasteiger partial charge >= 0.3 is 0 Å². The summed E-state index contributed by atoms with van der Waals surface area (Å²) in [7, 11) is 1.63. The minimum atomic E-state index is -0.640. The van der Waals surface area contributed by atoms with Crippen molar-refractivity contribution in [2.45, 2.75) is 25.0 Å². The van der Waals surface area contributed by atoms with Crippen molar-refractivity contribution in [3.63, 3.8) is 0 Å². The van der Waals surface area contributed by atoms with Gasteiger partial charge in [-0.3, -0.25) is 4.79 Å². The number of methoxy groups -OCH3 is 1. The first-order chi connectivity index (χ1) is 12.2. The van der Waals surface area contributed by atoms with Crippen LogP contribution in [0.25, 0.3) is 0 Å². The summed E-state index contributed by atoms with van der Waals surface area (Å²) in [4.78, 5) is 12.9. The molecule has 0 saturated heterocycles. The van der Waals surface area contributed by atoms with Crippen LogP contribution in [0.5, 0.6) is 11.5 Å². The predicted molar refractivity (Wildman–Crippen MR) is 99.9 cm³/mol. The van der Waals surface area contributed by atoms with Gasteiger partial charge in [-0.25, -0.2) is 0 Å². The van der Waals surface area contributed by atoms with Gasteiger partial charge in [-0.15, -0.1) is 0 Å². The Hall–Kier alpha value is -1.85. The average molecular weight is 405 g/mol. The number of benzene rings is 2. The minimum absolute atomic E-state index is 0.0264. The minimum Gasteiger partial charge on any atom is -0.497 e. The molecule has 2 unspecified atom stereocenters. The van der Waals surface area contributed by atoms with E-state index >= 15 is 0 Å². The number of alkyl halides is 1. The lowest BCUT2D eigenvalue weighted by Gasteiger charge is -2.32. The highest BCUT2D eigenvalue weighted by molar-refractivity contribution is 9.09. The van der Waals surface area contributed by atoms with E-state index in [0.717, 1.165) is 29.5 Å². The number of hydrogen-bond acceptors (Lipinski definition) is 4. The lowest BCUT2D eigenvalue weighted by Crippen LogP contribution is -2.38. The number of ketones is 1. The standard InChI is InChI=1S/C20H21BrO4/c1-23-15-10-8-14(9-11-15)19-20(24-13-5-4-12-21)18(22)16-6-2-3-7-17(16)25-19/h2-3,6-11,19-20H,4-5,12-13H2,1H3. The maximum Gasteiger partial charge on any atom is 0.199 e. The summed E-state index contributed by atoms with van der Waals surface area (Å²) in [5, 5.41) is 0.927. The van der Waals surface area contributed by atoms with Gasteiger partial charge in [0.2, 0.25) is 0 Å². The first kappa shape index (κ1) is 18.0. The number of para-hydroxylation sites is 1. The van der Waals surface area contributed by atoms with Crippen LogP contribution in [0.1, 0.15) is 34.9 Å². The van der Waals surface area contributed by atoms with Crippen molar-refractivity contribution >= 4 is 21.7 Å². The Bertz CT molecular complexity index is 714.